The van der Waals surface area contributed by atoms with Gasteiger partial charge >= 0.3 is 0 Å². The van der Waals surface area contributed by atoms with E-state index >= 15 is 0 Å². The fraction of sp³-hybridized carbons (Fsp3) is 0.429. The van der Waals surface area contributed by atoms with Crippen LogP contribution in [0.15, 0.2) is 53.1 Å². The van der Waals surface area contributed by atoms with E-state index in [0.717, 1.165) is 68.1 Å². The maximum Gasteiger partial charge on any atom is 0.254 e. The number of fused-ring (bicyclic) bond motifs is 1. The number of rotatable bonds is 7. The van der Waals surface area contributed by atoms with Gasteiger partial charge in [-0.3, -0.25) is 4.79 Å². The highest BCUT2D eigenvalue weighted by molar-refractivity contribution is 5.95. The summed E-state index contributed by atoms with van der Waals surface area (Å²) in [5, 5.41) is 4.50. The summed E-state index contributed by atoms with van der Waals surface area (Å²) in [7, 11) is 0. The van der Waals surface area contributed by atoms with Gasteiger partial charge in [0, 0.05) is 37.4 Å². The molecule has 1 atom stereocenters. The van der Waals surface area contributed by atoms with Crippen molar-refractivity contribution < 1.29 is 23.5 Å². The number of nitrogens with zero attached hydrogens (tertiary/aromatic N) is 3. The molecule has 2 fully saturated rings. The summed E-state index contributed by atoms with van der Waals surface area (Å²) in [6, 6.07) is 15.4. The molecule has 188 valence electrons. The second-order valence-corrected chi connectivity index (χ2v) is 9.62. The SMILES string of the molecule is O=C(c1ccc2c(c1)OCO2)N(Cc1c(-c2ccccc2)noc1N1CCCCC1)CC1CCCO1. The first-order valence-electron chi connectivity index (χ1n) is 12.9. The van der Waals surface area contributed by atoms with Crippen molar-refractivity contribution in [3.8, 4) is 22.8 Å². The highest BCUT2D eigenvalue weighted by Crippen LogP contribution is 2.36. The molecular formula is C28H31N3O5. The van der Waals surface area contributed by atoms with Crippen LogP contribution in [0.25, 0.3) is 11.3 Å². The minimum Gasteiger partial charge on any atom is -0.454 e. The number of amides is 1. The second-order valence-electron chi connectivity index (χ2n) is 9.62. The molecule has 3 aliphatic rings. The van der Waals surface area contributed by atoms with Crippen LogP contribution >= 0.6 is 0 Å². The molecule has 0 radical (unpaired) electrons. The normalized spacial score (nSPS) is 19.0. The van der Waals surface area contributed by atoms with Crippen LogP contribution in [0.5, 0.6) is 11.5 Å². The van der Waals surface area contributed by atoms with Gasteiger partial charge in [0.05, 0.1) is 18.2 Å². The van der Waals surface area contributed by atoms with E-state index < -0.39 is 0 Å². The standard InChI is InChI=1S/C28H31N3O5/c32-27(21-11-12-24-25(16-21)35-19-34-24)31(17-22-10-7-15-33-22)18-23-26(20-8-3-1-4-9-20)29-36-28(23)30-13-5-2-6-14-30/h1,3-4,8-9,11-12,16,22H,2,5-7,10,13-15,17-19H2. The van der Waals surface area contributed by atoms with E-state index in [1.165, 1.54) is 6.42 Å². The maximum absolute atomic E-state index is 13.9. The molecule has 6 rings (SSSR count). The van der Waals surface area contributed by atoms with E-state index in [-0.39, 0.29) is 18.8 Å². The van der Waals surface area contributed by atoms with Crippen LogP contribution in [0.1, 0.15) is 48.0 Å². The van der Waals surface area contributed by atoms with Crippen molar-refractivity contribution in [2.75, 3.05) is 37.9 Å². The third kappa shape index (κ3) is 4.65. The number of carbonyl (C=O) groups is 1. The van der Waals surface area contributed by atoms with Crippen molar-refractivity contribution in [1.82, 2.24) is 10.1 Å². The van der Waals surface area contributed by atoms with Gasteiger partial charge in [-0.2, -0.15) is 0 Å². The number of benzene rings is 2. The first kappa shape index (κ1) is 22.9. The Hall–Kier alpha value is -3.52. The molecule has 8 heteroatoms. The van der Waals surface area contributed by atoms with Crippen molar-refractivity contribution in [2.24, 2.45) is 0 Å². The zero-order valence-corrected chi connectivity index (χ0v) is 20.4. The lowest BCUT2D eigenvalue weighted by Gasteiger charge is -2.29. The third-order valence-corrected chi connectivity index (χ3v) is 7.16. The Kier molecular flexibility index (Phi) is 6.51. The second kappa shape index (κ2) is 10.2. The van der Waals surface area contributed by atoms with Gasteiger partial charge in [-0.1, -0.05) is 35.5 Å². The molecule has 1 amide bonds. The molecule has 1 unspecified atom stereocenters. The lowest BCUT2D eigenvalue weighted by Crippen LogP contribution is -2.38. The number of ether oxygens (including phenoxy) is 3. The average molecular weight is 490 g/mol. The van der Waals surface area contributed by atoms with Crippen LogP contribution < -0.4 is 14.4 Å². The molecule has 0 bridgehead atoms. The summed E-state index contributed by atoms with van der Waals surface area (Å²) in [5.74, 6) is 1.95. The van der Waals surface area contributed by atoms with E-state index in [9.17, 15) is 4.79 Å². The molecule has 0 saturated carbocycles. The zero-order chi connectivity index (χ0) is 24.3. The molecule has 0 spiro atoms. The number of hydrogen-bond acceptors (Lipinski definition) is 7. The fourth-order valence-corrected chi connectivity index (χ4v) is 5.27. The minimum absolute atomic E-state index is 0.0152. The summed E-state index contributed by atoms with van der Waals surface area (Å²) in [4.78, 5) is 18.0. The number of carbonyl (C=O) groups excluding carboxylic acids is 1. The summed E-state index contributed by atoms with van der Waals surface area (Å²) in [6.45, 7) is 3.65. The third-order valence-electron chi connectivity index (χ3n) is 7.16. The number of piperidine rings is 1. The summed E-state index contributed by atoms with van der Waals surface area (Å²) < 4.78 is 22.9. The minimum atomic E-state index is -0.0754. The lowest BCUT2D eigenvalue weighted by atomic mass is 10.0. The summed E-state index contributed by atoms with van der Waals surface area (Å²) in [5.41, 5.74) is 3.27. The van der Waals surface area contributed by atoms with Crippen LogP contribution in [0, 0.1) is 0 Å². The highest BCUT2D eigenvalue weighted by Gasteiger charge is 2.30. The highest BCUT2D eigenvalue weighted by atomic mass is 16.7. The van der Waals surface area contributed by atoms with Gasteiger partial charge in [-0.25, -0.2) is 0 Å². The van der Waals surface area contributed by atoms with Crippen molar-refractivity contribution in [3.63, 3.8) is 0 Å². The van der Waals surface area contributed by atoms with Gasteiger partial charge in [0.1, 0.15) is 5.69 Å². The zero-order valence-electron chi connectivity index (χ0n) is 20.4. The molecular weight excluding hydrogens is 458 g/mol. The Labute approximate surface area is 210 Å². The molecule has 2 aromatic carbocycles. The molecule has 2 saturated heterocycles. The Bertz CT molecular complexity index is 1200. The van der Waals surface area contributed by atoms with E-state index in [1.54, 1.807) is 18.2 Å². The monoisotopic (exact) mass is 489 g/mol. The predicted octanol–water partition coefficient (Wildman–Crippen LogP) is 4.88. The molecule has 4 heterocycles. The van der Waals surface area contributed by atoms with Gasteiger partial charge in [-0.05, 0) is 50.3 Å². The molecule has 0 N–H and O–H groups in total. The lowest BCUT2D eigenvalue weighted by molar-refractivity contribution is 0.0507. The number of anilines is 1. The van der Waals surface area contributed by atoms with Crippen molar-refractivity contribution in [3.05, 3.63) is 59.7 Å². The van der Waals surface area contributed by atoms with Crippen LogP contribution in [0.3, 0.4) is 0 Å². The first-order chi connectivity index (χ1) is 17.8. The Morgan fingerprint density at radius 1 is 1.00 bits per heavy atom. The van der Waals surface area contributed by atoms with Crippen molar-refractivity contribution in [1.29, 1.82) is 0 Å². The van der Waals surface area contributed by atoms with Crippen LogP contribution in [-0.4, -0.2) is 55.1 Å². The van der Waals surface area contributed by atoms with E-state index in [0.29, 0.717) is 30.2 Å². The van der Waals surface area contributed by atoms with Crippen LogP contribution in [-0.2, 0) is 11.3 Å². The quantitative estimate of drug-likeness (QED) is 0.468. The Balaban J connectivity index is 1.36. The Morgan fingerprint density at radius 2 is 1.83 bits per heavy atom. The van der Waals surface area contributed by atoms with E-state index in [1.807, 2.05) is 35.2 Å². The van der Waals surface area contributed by atoms with Gasteiger partial charge in [-0.15, -0.1) is 0 Å². The largest absolute Gasteiger partial charge is 0.454 e. The smallest absolute Gasteiger partial charge is 0.254 e. The van der Waals surface area contributed by atoms with Gasteiger partial charge in [0.15, 0.2) is 11.5 Å². The summed E-state index contributed by atoms with van der Waals surface area (Å²) in [6.07, 6.45) is 5.44. The van der Waals surface area contributed by atoms with Crippen LogP contribution in [0.2, 0.25) is 0 Å². The van der Waals surface area contributed by atoms with Crippen LogP contribution in [0.4, 0.5) is 5.88 Å². The van der Waals surface area contributed by atoms with E-state index in [4.69, 9.17) is 18.7 Å². The Morgan fingerprint density at radius 3 is 2.64 bits per heavy atom. The fourth-order valence-electron chi connectivity index (χ4n) is 5.27. The number of aromatic nitrogens is 1. The molecule has 36 heavy (non-hydrogen) atoms. The van der Waals surface area contributed by atoms with E-state index in [2.05, 4.69) is 10.1 Å². The molecule has 3 aromatic rings. The molecule has 3 aliphatic heterocycles. The van der Waals surface area contributed by atoms with Gasteiger partial charge < -0.3 is 28.5 Å². The average Bonchev–Trinajstić information content (AvgIpc) is 3.70. The molecule has 8 nitrogen and oxygen atoms in total. The molecule has 0 aliphatic carbocycles. The van der Waals surface area contributed by atoms with Gasteiger partial charge in [0.2, 0.25) is 12.7 Å². The van der Waals surface area contributed by atoms with Gasteiger partial charge in [0.25, 0.3) is 5.91 Å². The topological polar surface area (TPSA) is 77.3 Å². The summed E-state index contributed by atoms with van der Waals surface area (Å²) >= 11 is 0. The molecule has 1 aromatic heterocycles. The number of hydrogen-bond donors (Lipinski definition) is 0. The predicted molar refractivity (Wildman–Crippen MR) is 134 cm³/mol. The first-order valence-corrected chi connectivity index (χ1v) is 12.9. The van der Waals surface area contributed by atoms with Crippen molar-refractivity contribution in [2.45, 2.75) is 44.8 Å². The maximum atomic E-state index is 13.9. The van der Waals surface area contributed by atoms with Crippen molar-refractivity contribution >= 4 is 11.8 Å².